The predicted molar refractivity (Wildman–Crippen MR) is 115 cm³/mol. The summed E-state index contributed by atoms with van der Waals surface area (Å²) in [5.41, 5.74) is 4.60. The van der Waals surface area contributed by atoms with Gasteiger partial charge in [0.2, 0.25) is 0 Å². The van der Waals surface area contributed by atoms with Crippen LogP contribution in [0.15, 0.2) is 71.2 Å². The first-order chi connectivity index (χ1) is 13.5. The minimum absolute atomic E-state index is 0.270. The van der Waals surface area contributed by atoms with Gasteiger partial charge in [0.05, 0.1) is 5.56 Å². The molecule has 0 radical (unpaired) electrons. The van der Waals surface area contributed by atoms with Crippen molar-refractivity contribution < 1.29 is 14.6 Å². The quantitative estimate of drug-likeness (QED) is 0.458. The number of aryl methyl sites for hydroxylation is 1. The summed E-state index contributed by atoms with van der Waals surface area (Å²) in [5, 5.41) is 12.4. The topological polar surface area (TPSA) is 58.6 Å². The third-order valence-electron chi connectivity index (χ3n) is 4.46. The lowest BCUT2D eigenvalue weighted by Crippen LogP contribution is -2.04. The minimum atomic E-state index is -0.930. The molecule has 3 aromatic carbocycles. The number of halogens is 1. The summed E-state index contributed by atoms with van der Waals surface area (Å²) in [6, 6.07) is 21.1. The molecule has 3 aromatic rings. The van der Waals surface area contributed by atoms with Gasteiger partial charge in [0.1, 0.15) is 12.4 Å². The Morgan fingerprint density at radius 3 is 2.32 bits per heavy atom. The molecule has 0 fully saturated rings. The van der Waals surface area contributed by atoms with E-state index < -0.39 is 5.97 Å². The summed E-state index contributed by atoms with van der Waals surface area (Å²) in [5.74, 6) is -0.135. The largest absolute Gasteiger partial charge is 0.489 e. The van der Waals surface area contributed by atoms with Crippen LogP contribution in [0.5, 0.6) is 5.75 Å². The molecule has 5 heteroatoms. The zero-order valence-electron chi connectivity index (χ0n) is 15.6. The van der Waals surface area contributed by atoms with Gasteiger partial charge in [0, 0.05) is 22.3 Å². The van der Waals surface area contributed by atoms with E-state index in [-0.39, 0.29) is 5.56 Å². The van der Waals surface area contributed by atoms with E-state index in [4.69, 9.17) is 9.84 Å². The van der Waals surface area contributed by atoms with Gasteiger partial charge in [0.25, 0.3) is 0 Å². The number of rotatable bonds is 8. The molecule has 0 aliphatic rings. The van der Waals surface area contributed by atoms with Crippen molar-refractivity contribution in [2.75, 3.05) is 5.32 Å². The van der Waals surface area contributed by atoms with Crippen molar-refractivity contribution in [1.29, 1.82) is 0 Å². The van der Waals surface area contributed by atoms with Crippen LogP contribution in [0.1, 0.15) is 34.0 Å². The van der Waals surface area contributed by atoms with Crippen molar-refractivity contribution in [3.05, 3.63) is 93.5 Å². The number of nitrogens with one attached hydrogen (secondary N) is 1. The second-order valence-corrected chi connectivity index (χ2v) is 7.36. The Morgan fingerprint density at radius 2 is 1.68 bits per heavy atom. The van der Waals surface area contributed by atoms with E-state index in [1.807, 2.05) is 18.2 Å². The summed E-state index contributed by atoms with van der Waals surface area (Å²) < 4.78 is 6.98. The third kappa shape index (κ3) is 5.36. The highest BCUT2D eigenvalue weighted by Gasteiger charge is 2.07. The molecule has 4 nitrogen and oxygen atoms in total. The van der Waals surface area contributed by atoms with E-state index in [0.717, 1.165) is 33.5 Å². The second kappa shape index (κ2) is 9.42. The maximum Gasteiger partial charge on any atom is 0.335 e. The SMILES string of the molecule is CCc1ccc(NCc2cc(Br)ccc2OCc2ccc(C(=O)O)cc2)cc1. The number of hydrogen-bond acceptors (Lipinski definition) is 3. The lowest BCUT2D eigenvalue weighted by Gasteiger charge is -2.14. The van der Waals surface area contributed by atoms with E-state index in [1.165, 1.54) is 5.56 Å². The number of carboxylic acids is 1. The molecule has 0 bridgehead atoms. The zero-order chi connectivity index (χ0) is 19.9. The van der Waals surface area contributed by atoms with Crippen molar-refractivity contribution in [2.24, 2.45) is 0 Å². The Bertz CT molecular complexity index is 937. The summed E-state index contributed by atoms with van der Waals surface area (Å²) in [6.07, 6.45) is 1.03. The van der Waals surface area contributed by atoms with Crippen LogP contribution in [0.3, 0.4) is 0 Å². The molecule has 2 N–H and O–H groups in total. The van der Waals surface area contributed by atoms with Crippen LogP contribution in [0, 0.1) is 0 Å². The fourth-order valence-electron chi connectivity index (χ4n) is 2.79. The highest BCUT2D eigenvalue weighted by Crippen LogP contribution is 2.25. The van der Waals surface area contributed by atoms with E-state index in [1.54, 1.807) is 24.3 Å². The highest BCUT2D eigenvalue weighted by molar-refractivity contribution is 9.10. The van der Waals surface area contributed by atoms with E-state index >= 15 is 0 Å². The van der Waals surface area contributed by atoms with Gasteiger partial charge in [-0.3, -0.25) is 0 Å². The maximum absolute atomic E-state index is 11.0. The number of ether oxygens (including phenoxy) is 1. The van der Waals surface area contributed by atoms with Crippen molar-refractivity contribution in [2.45, 2.75) is 26.5 Å². The Labute approximate surface area is 173 Å². The molecule has 0 aliphatic heterocycles. The van der Waals surface area contributed by atoms with Crippen LogP contribution in [-0.2, 0) is 19.6 Å². The monoisotopic (exact) mass is 439 g/mol. The number of benzene rings is 3. The predicted octanol–water partition coefficient (Wildman–Crippen LogP) is 5.90. The summed E-state index contributed by atoms with van der Waals surface area (Å²) >= 11 is 3.52. The first-order valence-electron chi connectivity index (χ1n) is 9.11. The third-order valence-corrected chi connectivity index (χ3v) is 4.96. The molecule has 0 spiro atoms. The van der Waals surface area contributed by atoms with Crippen LogP contribution < -0.4 is 10.1 Å². The fourth-order valence-corrected chi connectivity index (χ4v) is 3.20. The van der Waals surface area contributed by atoms with Crippen molar-refractivity contribution in [3.8, 4) is 5.75 Å². The fraction of sp³-hybridized carbons (Fsp3) is 0.174. The second-order valence-electron chi connectivity index (χ2n) is 6.45. The van der Waals surface area contributed by atoms with Gasteiger partial charge in [0.15, 0.2) is 0 Å². The van der Waals surface area contributed by atoms with Crippen molar-refractivity contribution >= 4 is 27.6 Å². The van der Waals surface area contributed by atoms with Crippen LogP contribution in [0.4, 0.5) is 5.69 Å². The normalized spacial score (nSPS) is 10.5. The van der Waals surface area contributed by atoms with Crippen LogP contribution in [-0.4, -0.2) is 11.1 Å². The molecule has 0 aliphatic carbocycles. The van der Waals surface area contributed by atoms with Crippen molar-refractivity contribution in [1.82, 2.24) is 0 Å². The molecule has 0 aromatic heterocycles. The average molecular weight is 440 g/mol. The number of carbonyl (C=O) groups is 1. The van der Waals surface area contributed by atoms with Crippen LogP contribution in [0.2, 0.25) is 0 Å². The van der Waals surface area contributed by atoms with Gasteiger partial charge in [-0.25, -0.2) is 4.79 Å². The number of hydrogen-bond donors (Lipinski definition) is 2. The molecular formula is C23H22BrNO3. The first-order valence-corrected chi connectivity index (χ1v) is 9.90. The summed E-state index contributed by atoms with van der Waals surface area (Å²) in [6.45, 7) is 3.15. The number of anilines is 1. The molecule has 0 saturated heterocycles. The van der Waals surface area contributed by atoms with Gasteiger partial charge < -0.3 is 15.2 Å². The van der Waals surface area contributed by atoms with Gasteiger partial charge in [-0.15, -0.1) is 0 Å². The van der Waals surface area contributed by atoms with Gasteiger partial charge in [-0.05, 0) is 60.0 Å². The van der Waals surface area contributed by atoms with Gasteiger partial charge in [-0.1, -0.05) is 47.1 Å². The van der Waals surface area contributed by atoms with Crippen LogP contribution >= 0.6 is 15.9 Å². The standard InChI is InChI=1S/C23H22BrNO3/c1-2-16-5-10-21(11-6-16)25-14-19-13-20(24)9-12-22(19)28-15-17-3-7-18(8-4-17)23(26)27/h3-13,25H,2,14-15H2,1H3,(H,26,27). The van der Waals surface area contributed by atoms with Crippen molar-refractivity contribution in [3.63, 3.8) is 0 Å². The molecule has 0 saturated carbocycles. The minimum Gasteiger partial charge on any atom is -0.489 e. The lowest BCUT2D eigenvalue weighted by atomic mass is 10.1. The highest BCUT2D eigenvalue weighted by atomic mass is 79.9. The Morgan fingerprint density at radius 1 is 1.00 bits per heavy atom. The summed E-state index contributed by atoms with van der Waals surface area (Å²) in [4.78, 5) is 11.0. The molecular weight excluding hydrogens is 418 g/mol. The number of carboxylic acid groups (broad SMARTS) is 1. The smallest absolute Gasteiger partial charge is 0.335 e. The van der Waals surface area contributed by atoms with Crippen LogP contribution in [0.25, 0.3) is 0 Å². The molecule has 28 heavy (non-hydrogen) atoms. The van der Waals surface area contributed by atoms with Gasteiger partial charge >= 0.3 is 5.97 Å². The average Bonchev–Trinajstić information content (AvgIpc) is 2.72. The van der Waals surface area contributed by atoms with E-state index in [0.29, 0.717) is 13.2 Å². The Hall–Kier alpha value is -2.79. The molecule has 3 rings (SSSR count). The molecule has 144 valence electrons. The number of aromatic carboxylic acids is 1. The lowest BCUT2D eigenvalue weighted by molar-refractivity contribution is 0.0697. The Kier molecular flexibility index (Phi) is 6.71. The van der Waals surface area contributed by atoms with Gasteiger partial charge in [-0.2, -0.15) is 0 Å². The molecule has 0 heterocycles. The zero-order valence-corrected chi connectivity index (χ0v) is 17.2. The molecule has 0 atom stereocenters. The first kappa shape index (κ1) is 20.0. The van der Waals surface area contributed by atoms with E-state index in [9.17, 15) is 4.79 Å². The molecule has 0 unspecified atom stereocenters. The molecule has 0 amide bonds. The maximum atomic E-state index is 11.0. The summed E-state index contributed by atoms with van der Waals surface area (Å²) in [7, 11) is 0. The van der Waals surface area contributed by atoms with E-state index in [2.05, 4.69) is 52.4 Å². The Balaban J connectivity index is 1.66.